The smallest absolute Gasteiger partial charge is 0.433 e. The molecule has 0 aliphatic carbocycles. The standard InChI is InChI=1S/C15H10N2O6/c1-21-10-4-2-3-9(7-10)14-16-12(15(18)23-14)8-11-5-6-13(22-11)17(19)20/h2-8H,1H3/b12-8-. The predicted molar refractivity (Wildman–Crippen MR) is 79.0 cm³/mol. The maximum absolute atomic E-state index is 11.8. The minimum atomic E-state index is -0.667. The third kappa shape index (κ3) is 2.95. The molecule has 0 atom stereocenters. The molecule has 0 bridgehead atoms. The summed E-state index contributed by atoms with van der Waals surface area (Å²) in [5.74, 6) is -0.220. The Labute approximate surface area is 129 Å². The molecule has 0 saturated heterocycles. The summed E-state index contributed by atoms with van der Waals surface area (Å²) in [6.45, 7) is 0. The second-order valence-corrected chi connectivity index (χ2v) is 4.50. The summed E-state index contributed by atoms with van der Waals surface area (Å²) < 4.78 is 15.2. The molecular weight excluding hydrogens is 304 g/mol. The van der Waals surface area contributed by atoms with Gasteiger partial charge in [-0.2, -0.15) is 0 Å². The van der Waals surface area contributed by atoms with Crippen LogP contribution in [0, 0.1) is 10.1 Å². The zero-order chi connectivity index (χ0) is 16.4. The van der Waals surface area contributed by atoms with E-state index in [4.69, 9.17) is 13.9 Å². The van der Waals surface area contributed by atoms with Crippen molar-refractivity contribution in [3.63, 3.8) is 0 Å². The molecule has 2 heterocycles. The van der Waals surface area contributed by atoms with E-state index in [9.17, 15) is 14.9 Å². The molecule has 8 nitrogen and oxygen atoms in total. The number of carbonyl (C=O) groups is 1. The van der Waals surface area contributed by atoms with Gasteiger partial charge in [0.1, 0.15) is 16.4 Å². The zero-order valence-electron chi connectivity index (χ0n) is 11.9. The molecule has 0 saturated carbocycles. The Morgan fingerprint density at radius 1 is 1.30 bits per heavy atom. The Morgan fingerprint density at radius 3 is 2.83 bits per heavy atom. The molecule has 1 aromatic carbocycles. The number of esters is 1. The van der Waals surface area contributed by atoms with Crippen LogP contribution in [0.3, 0.4) is 0 Å². The number of nitrogens with zero attached hydrogens (tertiary/aromatic N) is 2. The fourth-order valence-electron chi connectivity index (χ4n) is 1.94. The van der Waals surface area contributed by atoms with Gasteiger partial charge in [-0.1, -0.05) is 6.07 Å². The fourth-order valence-corrected chi connectivity index (χ4v) is 1.94. The molecule has 0 fully saturated rings. The number of methoxy groups -OCH3 is 1. The third-order valence-electron chi connectivity index (χ3n) is 3.01. The zero-order valence-corrected chi connectivity index (χ0v) is 11.9. The van der Waals surface area contributed by atoms with Gasteiger partial charge in [0.15, 0.2) is 5.70 Å². The number of cyclic esters (lactones) is 1. The van der Waals surface area contributed by atoms with Gasteiger partial charge in [-0.15, -0.1) is 0 Å². The third-order valence-corrected chi connectivity index (χ3v) is 3.01. The molecule has 1 aliphatic rings. The number of rotatable bonds is 4. The van der Waals surface area contributed by atoms with Crippen molar-refractivity contribution in [2.75, 3.05) is 7.11 Å². The highest BCUT2D eigenvalue weighted by Gasteiger charge is 2.25. The van der Waals surface area contributed by atoms with Crippen molar-refractivity contribution in [2.24, 2.45) is 4.99 Å². The van der Waals surface area contributed by atoms with E-state index in [-0.39, 0.29) is 17.4 Å². The van der Waals surface area contributed by atoms with Gasteiger partial charge < -0.3 is 13.9 Å². The molecule has 116 valence electrons. The lowest BCUT2D eigenvalue weighted by atomic mass is 10.2. The monoisotopic (exact) mass is 314 g/mol. The fraction of sp³-hybridized carbons (Fsp3) is 0.0667. The second kappa shape index (κ2) is 5.76. The first-order valence-electron chi connectivity index (χ1n) is 6.48. The number of hydrogen-bond donors (Lipinski definition) is 0. The average Bonchev–Trinajstić information content (AvgIpc) is 3.15. The number of nitro groups is 1. The average molecular weight is 314 g/mol. The van der Waals surface area contributed by atoms with Gasteiger partial charge in [0.2, 0.25) is 5.90 Å². The highest BCUT2D eigenvalue weighted by Crippen LogP contribution is 2.23. The molecule has 8 heteroatoms. The second-order valence-electron chi connectivity index (χ2n) is 4.50. The SMILES string of the molecule is COc1cccc(C2=N/C(=C\c3ccc([N+](=O)[O-])o3)C(=O)O2)c1. The van der Waals surface area contributed by atoms with Gasteiger partial charge in [-0.25, -0.2) is 9.79 Å². The van der Waals surface area contributed by atoms with Gasteiger partial charge in [-0.05, 0) is 24.3 Å². The molecule has 3 rings (SSSR count). The van der Waals surface area contributed by atoms with E-state index in [1.54, 1.807) is 24.3 Å². The molecule has 0 unspecified atom stereocenters. The van der Waals surface area contributed by atoms with E-state index in [0.29, 0.717) is 11.3 Å². The van der Waals surface area contributed by atoms with E-state index < -0.39 is 16.8 Å². The van der Waals surface area contributed by atoms with Crippen LogP contribution in [0.5, 0.6) is 5.75 Å². The van der Waals surface area contributed by atoms with Crippen LogP contribution in [0.4, 0.5) is 5.88 Å². The maximum atomic E-state index is 11.8. The summed E-state index contributed by atoms with van der Waals surface area (Å²) in [7, 11) is 1.52. The molecule has 0 N–H and O–H groups in total. The van der Waals surface area contributed by atoms with Crippen LogP contribution in [0.1, 0.15) is 11.3 Å². The van der Waals surface area contributed by atoms with Crippen LogP contribution in [0.2, 0.25) is 0 Å². The topological polar surface area (TPSA) is 104 Å². The minimum Gasteiger partial charge on any atom is -0.497 e. The molecule has 1 aliphatic heterocycles. The van der Waals surface area contributed by atoms with Crippen molar-refractivity contribution < 1.29 is 23.6 Å². The van der Waals surface area contributed by atoms with Crippen molar-refractivity contribution in [3.05, 3.63) is 63.5 Å². The van der Waals surface area contributed by atoms with E-state index in [1.807, 2.05) is 0 Å². The van der Waals surface area contributed by atoms with Crippen molar-refractivity contribution in [1.82, 2.24) is 0 Å². The molecular formula is C15H10N2O6. The van der Waals surface area contributed by atoms with Crippen molar-refractivity contribution in [2.45, 2.75) is 0 Å². The number of furan rings is 1. The molecule has 0 amide bonds. The van der Waals surface area contributed by atoms with Crippen LogP contribution in [-0.4, -0.2) is 23.9 Å². The van der Waals surface area contributed by atoms with Gasteiger partial charge >= 0.3 is 11.9 Å². The highest BCUT2D eigenvalue weighted by atomic mass is 16.6. The molecule has 0 radical (unpaired) electrons. The largest absolute Gasteiger partial charge is 0.497 e. The van der Waals surface area contributed by atoms with Crippen molar-refractivity contribution in [3.8, 4) is 5.75 Å². The first-order chi connectivity index (χ1) is 11.1. The normalized spacial score (nSPS) is 15.4. The number of carbonyl (C=O) groups excluding carboxylic acids is 1. The van der Waals surface area contributed by atoms with Crippen LogP contribution in [0.25, 0.3) is 6.08 Å². The Bertz CT molecular complexity index is 849. The van der Waals surface area contributed by atoms with E-state index in [0.717, 1.165) is 0 Å². The van der Waals surface area contributed by atoms with E-state index in [1.165, 1.54) is 25.3 Å². The Morgan fingerprint density at radius 2 is 2.13 bits per heavy atom. The number of ether oxygens (including phenoxy) is 2. The van der Waals surface area contributed by atoms with Crippen LogP contribution < -0.4 is 4.74 Å². The molecule has 23 heavy (non-hydrogen) atoms. The minimum absolute atomic E-state index is 0.00734. The van der Waals surface area contributed by atoms with Crippen molar-refractivity contribution in [1.29, 1.82) is 0 Å². The lowest BCUT2D eigenvalue weighted by Crippen LogP contribution is -2.05. The first-order valence-corrected chi connectivity index (χ1v) is 6.48. The summed E-state index contributed by atoms with van der Waals surface area (Å²) in [6.07, 6.45) is 1.28. The van der Waals surface area contributed by atoms with Crippen molar-refractivity contribution >= 4 is 23.8 Å². The Kier molecular flexibility index (Phi) is 3.63. The lowest BCUT2D eigenvalue weighted by molar-refractivity contribution is -0.402. The summed E-state index contributed by atoms with van der Waals surface area (Å²) in [6, 6.07) is 9.45. The number of hydrogen-bond acceptors (Lipinski definition) is 7. The highest BCUT2D eigenvalue weighted by molar-refractivity contribution is 6.12. The first kappa shape index (κ1) is 14.5. The lowest BCUT2D eigenvalue weighted by Gasteiger charge is -2.02. The molecule has 1 aromatic heterocycles. The van der Waals surface area contributed by atoms with E-state index in [2.05, 4.69) is 4.99 Å². The predicted octanol–water partition coefficient (Wildman–Crippen LogP) is 2.54. The summed E-state index contributed by atoms with van der Waals surface area (Å²) in [5.41, 5.74) is 0.568. The van der Waals surface area contributed by atoms with Crippen LogP contribution in [0.15, 0.2) is 51.5 Å². The summed E-state index contributed by atoms with van der Waals surface area (Å²) in [4.78, 5) is 25.8. The van der Waals surface area contributed by atoms with Crippen LogP contribution in [-0.2, 0) is 9.53 Å². The number of aliphatic imine (C=N–C) groups is 1. The Hall–Kier alpha value is -3.42. The van der Waals surface area contributed by atoms with Gasteiger partial charge in [0.25, 0.3) is 0 Å². The maximum Gasteiger partial charge on any atom is 0.433 e. The molecule has 0 spiro atoms. The number of benzene rings is 1. The quantitative estimate of drug-likeness (QED) is 0.372. The van der Waals surface area contributed by atoms with Crippen LogP contribution >= 0.6 is 0 Å². The van der Waals surface area contributed by atoms with E-state index >= 15 is 0 Å². The Balaban J connectivity index is 1.91. The van der Waals surface area contributed by atoms with Gasteiger partial charge in [0.05, 0.1) is 13.2 Å². The summed E-state index contributed by atoms with van der Waals surface area (Å²) in [5, 5.41) is 10.6. The van der Waals surface area contributed by atoms with Gasteiger partial charge in [-0.3, -0.25) is 10.1 Å². The molecule has 2 aromatic rings. The summed E-state index contributed by atoms with van der Waals surface area (Å²) >= 11 is 0. The van der Waals surface area contributed by atoms with Gasteiger partial charge in [0, 0.05) is 11.6 Å².